The third-order valence-corrected chi connectivity index (χ3v) is 5.37. The molecule has 0 radical (unpaired) electrons. The van der Waals surface area contributed by atoms with Gasteiger partial charge in [0.2, 0.25) is 11.1 Å². The molecule has 0 spiro atoms. The number of nitrogens with one attached hydrogen (secondary N) is 1. The average molecular weight is 420 g/mol. The molecule has 9 heteroatoms. The molecule has 1 aromatic carbocycles. The normalized spacial score (nSPS) is 10.8. The molecular weight excluding hydrogens is 400 g/mol. The number of hydrogen-bond acceptors (Lipinski definition) is 7. The van der Waals surface area contributed by atoms with Crippen LogP contribution in [0.3, 0.4) is 0 Å². The van der Waals surface area contributed by atoms with Crippen molar-refractivity contribution in [1.29, 1.82) is 0 Å². The van der Waals surface area contributed by atoms with Crippen LogP contribution in [0.2, 0.25) is 0 Å². The fraction of sp³-hybridized carbons (Fsp3) is 0.190. The Labute approximate surface area is 177 Å². The van der Waals surface area contributed by atoms with Gasteiger partial charge in [0, 0.05) is 24.5 Å². The number of fused-ring (bicyclic) bond motifs is 1. The summed E-state index contributed by atoms with van der Waals surface area (Å²) in [6.45, 7) is 0.533. The van der Waals surface area contributed by atoms with E-state index >= 15 is 0 Å². The molecule has 0 atom stereocenters. The highest BCUT2D eigenvalue weighted by Gasteiger charge is 2.12. The highest BCUT2D eigenvalue weighted by atomic mass is 32.2. The molecule has 30 heavy (non-hydrogen) atoms. The van der Waals surface area contributed by atoms with Crippen LogP contribution in [-0.4, -0.2) is 50.1 Å². The monoisotopic (exact) mass is 420 g/mol. The zero-order valence-corrected chi connectivity index (χ0v) is 17.2. The number of nitrogens with zero attached hydrogens (tertiary/aromatic N) is 5. The molecule has 0 aliphatic carbocycles. The van der Waals surface area contributed by atoms with Crippen molar-refractivity contribution in [3.63, 3.8) is 0 Å². The number of amides is 1. The summed E-state index contributed by atoms with van der Waals surface area (Å²) in [5.41, 5.74) is 3.43. The number of carbonyl (C=O) groups is 1. The summed E-state index contributed by atoms with van der Waals surface area (Å²) in [5.74, 6) is 0.984. The van der Waals surface area contributed by atoms with Crippen molar-refractivity contribution >= 4 is 23.3 Å². The van der Waals surface area contributed by atoms with Crippen LogP contribution >= 0.6 is 11.8 Å². The summed E-state index contributed by atoms with van der Waals surface area (Å²) in [6.07, 6.45) is 4.14. The molecule has 152 valence electrons. The van der Waals surface area contributed by atoms with Crippen LogP contribution in [0.25, 0.3) is 16.9 Å². The number of hydrogen-bond donors (Lipinski definition) is 1. The molecule has 0 fully saturated rings. The lowest BCUT2D eigenvalue weighted by molar-refractivity contribution is -0.118. The number of thioether (sulfide) groups is 1. The van der Waals surface area contributed by atoms with Gasteiger partial charge in [0.1, 0.15) is 5.75 Å². The summed E-state index contributed by atoms with van der Waals surface area (Å²) < 4.78 is 6.99. The van der Waals surface area contributed by atoms with Crippen molar-refractivity contribution in [3.05, 3.63) is 66.5 Å². The van der Waals surface area contributed by atoms with Crippen molar-refractivity contribution in [2.45, 2.75) is 11.6 Å². The Balaban J connectivity index is 1.36. The van der Waals surface area contributed by atoms with Gasteiger partial charge in [0.05, 0.1) is 18.6 Å². The van der Waals surface area contributed by atoms with Gasteiger partial charge in [0.25, 0.3) is 0 Å². The van der Waals surface area contributed by atoms with Crippen LogP contribution in [0.5, 0.6) is 5.75 Å². The van der Waals surface area contributed by atoms with Gasteiger partial charge >= 0.3 is 0 Å². The Morgan fingerprint density at radius 2 is 1.93 bits per heavy atom. The minimum atomic E-state index is -0.0723. The van der Waals surface area contributed by atoms with E-state index in [1.54, 1.807) is 24.0 Å². The van der Waals surface area contributed by atoms with Crippen molar-refractivity contribution in [2.24, 2.45) is 0 Å². The van der Waals surface area contributed by atoms with E-state index in [0.29, 0.717) is 23.8 Å². The molecule has 4 rings (SSSR count). The van der Waals surface area contributed by atoms with E-state index in [1.165, 1.54) is 11.8 Å². The van der Waals surface area contributed by atoms with E-state index < -0.39 is 0 Å². The van der Waals surface area contributed by atoms with Gasteiger partial charge in [-0.2, -0.15) is 9.61 Å². The molecule has 4 aromatic rings. The maximum atomic E-state index is 12.3. The van der Waals surface area contributed by atoms with Crippen LogP contribution in [0.15, 0.2) is 66.1 Å². The summed E-state index contributed by atoms with van der Waals surface area (Å²) in [6, 6.07) is 15.3. The van der Waals surface area contributed by atoms with Gasteiger partial charge in [-0.05, 0) is 42.3 Å². The standard InChI is InChI=1S/C21H20N6O2S/c1-29-18-5-3-2-4-16(18)10-13-23-20(28)14-30-21-25-24-19-7-6-17(26-27(19)21)15-8-11-22-12-9-15/h2-9,11-12H,10,13-14H2,1H3,(H,23,28). The fourth-order valence-electron chi connectivity index (χ4n) is 2.96. The topological polar surface area (TPSA) is 94.3 Å². The lowest BCUT2D eigenvalue weighted by Crippen LogP contribution is -2.27. The van der Waals surface area contributed by atoms with E-state index in [4.69, 9.17) is 4.74 Å². The zero-order valence-electron chi connectivity index (χ0n) is 16.4. The predicted octanol–water partition coefficient (Wildman–Crippen LogP) is 2.65. The summed E-state index contributed by atoms with van der Waals surface area (Å²) in [5, 5.41) is 16.4. The molecule has 3 heterocycles. The SMILES string of the molecule is COc1ccccc1CCNC(=O)CSc1nnc2ccc(-c3ccncc3)nn12. The number of rotatable bonds is 8. The molecule has 0 saturated heterocycles. The van der Waals surface area contributed by atoms with Crippen molar-refractivity contribution < 1.29 is 9.53 Å². The average Bonchev–Trinajstić information content (AvgIpc) is 3.21. The maximum absolute atomic E-state index is 12.3. The van der Waals surface area contributed by atoms with E-state index in [1.807, 2.05) is 48.5 Å². The Morgan fingerprint density at radius 3 is 2.77 bits per heavy atom. The van der Waals surface area contributed by atoms with E-state index in [2.05, 4.69) is 25.6 Å². The molecule has 1 N–H and O–H groups in total. The van der Waals surface area contributed by atoms with Gasteiger partial charge in [-0.15, -0.1) is 10.2 Å². The Hall–Kier alpha value is -3.46. The van der Waals surface area contributed by atoms with Gasteiger partial charge in [-0.1, -0.05) is 30.0 Å². The molecular formula is C21H20N6O2S. The minimum absolute atomic E-state index is 0.0723. The van der Waals surface area contributed by atoms with Gasteiger partial charge in [-0.3, -0.25) is 9.78 Å². The van der Waals surface area contributed by atoms with Crippen molar-refractivity contribution in [3.8, 4) is 17.0 Å². The molecule has 0 saturated carbocycles. The number of benzene rings is 1. The summed E-state index contributed by atoms with van der Waals surface area (Å²) in [7, 11) is 1.64. The van der Waals surface area contributed by atoms with Gasteiger partial charge in [0.15, 0.2) is 5.65 Å². The van der Waals surface area contributed by atoms with Crippen molar-refractivity contribution in [2.75, 3.05) is 19.4 Å². The summed E-state index contributed by atoms with van der Waals surface area (Å²) in [4.78, 5) is 16.3. The minimum Gasteiger partial charge on any atom is -0.496 e. The number of methoxy groups -OCH3 is 1. The first-order valence-corrected chi connectivity index (χ1v) is 10.4. The highest BCUT2D eigenvalue weighted by Crippen LogP contribution is 2.20. The maximum Gasteiger partial charge on any atom is 0.230 e. The first kappa shape index (κ1) is 19.8. The van der Waals surface area contributed by atoms with E-state index in [0.717, 1.165) is 22.6 Å². The molecule has 0 bridgehead atoms. The predicted molar refractivity (Wildman–Crippen MR) is 114 cm³/mol. The van der Waals surface area contributed by atoms with Crippen LogP contribution in [-0.2, 0) is 11.2 Å². The molecule has 8 nitrogen and oxygen atoms in total. The largest absolute Gasteiger partial charge is 0.496 e. The van der Waals surface area contributed by atoms with E-state index in [-0.39, 0.29) is 11.7 Å². The summed E-state index contributed by atoms with van der Waals surface area (Å²) >= 11 is 1.30. The number of carbonyl (C=O) groups excluding carboxylic acids is 1. The van der Waals surface area contributed by atoms with Gasteiger partial charge < -0.3 is 10.1 Å². The second-order valence-corrected chi connectivity index (χ2v) is 7.35. The second kappa shape index (κ2) is 9.36. The lowest BCUT2D eigenvalue weighted by Gasteiger charge is -2.09. The fourth-order valence-corrected chi connectivity index (χ4v) is 3.68. The number of para-hydroxylation sites is 1. The Bertz CT molecular complexity index is 1150. The van der Waals surface area contributed by atoms with Gasteiger partial charge in [-0.25, -0.2) is 0 Å². The van der Waals surface area contributed by atoms with Crippen molar-refractivity contribution in [1.82, 2.24) is 30.1 Å². The number of pyridine rings is 1. The Morgan fingerprint density at radius 1 is 1.10 bits per heavy atom. The van der Waals surface area contributed by atoms with Crippen LogP contribution in [0.1, 0.15) is 5.56 Å². The second-order valence-electron chi connectivity index (χ2n) is 6.41. The quantitative estimate of drug-likeness (QED) is 0.438. The third-order valence-electron chi connectivity index (χ3n) is 4.45. The molecule has 0 aliphatic rings. The molecule has 0 aliphatic heterocycles. The number of aromatic nitrogens is 5. The first-order valence-electron chi connectivity index (χ1n) is 9.39. The molecule has 0 unspecified atom stereocenters. The molecule has 1 amide bonds. The smallest absolute Gasteiger partial charge is 0.230 e. The highest BCUT2D eigenvalue weighted by molar-refractivity contribution is 7.99. The number of ether oxygens (including phenoxy) is 1. The third kappa shape index (κ3) is 4.57. The zero-order chi connectivity index (χ0) is 20.8. The van der Waals surface area contributed by atoms with Crippen LogP contribution < -0.4 is 10.1 Å². The Kier molecular flexibility index (Phi) is 6.19. The van der Waals surface area contributed by atoms with E-state index in [9.17, 15) is 4.79 Å². The lowest BCUT2D eigenvalue weighted by atomic mass is 10.1. The first-order chi connectivity index (χ1) is 14.7. The van der Waals surface area contributed by atoms with Crippen LogP contribution in [0.4, 0.5) is 0 Å². The van der Waals surface area contributed by atoms with Crippen LogP contribution in [0, 0.1) is 0 Å². The molecule has 3 aromatic heterocycles.